The zero-order valence-electron chi connectivity index (χ0n) is 14.3. The number of hydrogen-bond donors (Lipinski definition) is 3. The van der Waals surface area contributed by atoms with E-state index in [4.69, 9.17) is 9.47 Å². The number of nitrogens with zero attached hydrogens (tertiary/aromatic N) is 1. The average molecular weight is 430 g/mol. The Morgan fingerprint density at radius 1 is 1.32 bits per heavy atom. The molecule has 0 aromatic carbocycles. The van der Waals surface area contributed by atoms with E-state index < -0.39 is 18.2 Å². The van der Waals surface area contributed by atoms with Crippen molar-refractivity contribution >= 4 is 17.8 Å². The molecule has 4 amide bonds. The van der Waals surface area contributed by atoms with Gasteiger partial charge >= 0.3 is 6.03 Å². The number of nitrogens with one attached hydrogen (secondary N) is 2. The van der Waals surface area contributed by atoms with Crippen LogP contribution >= 0.6 is 0 Å². The van der Waals surface area contributed by atoms with Crippen LogP contribution in [0.15, 0.2) is 12.2 Å². The van der Waals surface area contributed by atoms with Gasteiger partial charge in [0.2, 0.25) is 0 Å². The zero-order chi connectivity index (χ0) is 17.7. The van der Waals surface area contributed by atoms with E-state index in [1.165, 1.54) is 19.3 Å². The third kappa shape index (κ3) is 5.55. The third-order valence-corrected chi connectivity index (χ3v) is 4.26. The van der Waals surface area contributed by atoms with Crippen LogP contribution in [0.3, 0.4) is 0 Å². The number of hydrogen-bond acceptors (Lipinski definition) is 6. The second-order valence-corrected chi connectivity index (χ2v) is 5.81. The SMILES string of the molecule is COC[C@H]1C[C@@H](NC(=O)NCCN2C(=O)C=CC2=O)[C@@H](OC)C1O.[Y]. The topological polar surface area (TPSA) is 117 Å². The van der Waals surface area contributed by atoms with Crippen molar-refractivity contribution in [3.05, 3.63) is 12.2 Å². The molecule has 1 saturated carbocycles. The van der Waals surface area contributed by atoms with Crippen LogP contribution < -0.4 is 10.6 Å². The molecule has 4 atom stereocenters. The minimum atomic E-state index is -0.717. The summed E-state index contributed by atoms with van der Waals surface area (Å²) < 4.78 is 10.3. The van der Waals surface area contributed by atoms with Gasteiger partial charge in [0.05, 0.1) is 18.8 Å². The smallest absolute Gasteiger partial charge is 0.315 e. The normalized spacial score (nSPS) is 28.2. The molecular formula is C15H23N3O6Y. The van der Waals surface area contributed by atoms with Crippen LogP contribution in [0.25, 0.3) is 0 Å². The first-order chi connectivity index (χ1) is 11.5. The Bertz CT molecular complexity index is 511. The predicted molar refractivity (Wildman–Crippen MR) is 83.0 cm³/mol. The second kappa shape index (κ2) is 10.3. The molecule has 0 aromatic heterocycles. The van der Waals surface area contributed by atoms with Gasteiger partial charge in [-0.25, -0.2) is 4.79 Å². The van der Waals surface area contributed by atoms with Crippen LogP contribution in [0.5, 0.6) is 0 Å². The fraction of sp³-hybridized carbons (Fsp3) is 0.667. The van der Waals surface area contributed by atoms with Crippen LogP contribution in [0.2, 0.25) is 0 Å². The summed E-state index contributed by atoms with van der Waals surface area (Å²) in [5.41, 5.74) is 0. The minimum Gasteiger partial charge on any atom is -0.390 e. The van der Waals surface area contributed by atoms with Crippen molar-refractivity contribution < 1.29 is 61.7 Å². The van der Waals surface area contributed by atoms with Gasteiger partial charge in [-0.1, -0.05) is 0 Å². The first-order valence-corrected chi connectivity index (χ1v) is 7.75. The number of carbonyl (C=O) groups excluding carboxylic acids is 3. The summed E-state index contributed by atoms with van der Waals surface area (Å²) in [6, 6.07) is -0.791. The molecule has 1 fully saturated rings. The molecular weight excluding hydrogens is 407 g/mol. The van der Waals surface area contributed by atoms with E-state index >= 15 is 0 Å². The van der Waals surface area contributed by atoms with Gasteiger partial charge in [0.1, 0.15) is 6.10 Å². The van der Waals surface area contributed by atoms with Crippen LogP contribution in [0, 0.1) is 5.92 Å². The Labute approximate surface area is 171 Å². The van der Waals surface area contributed by atoms with Gasteiger partial charge in [0, 0.05) is 78.1 Å². The molecule has 10 heteroatoms. The molecule has 2 rings (SSSR count). The zero-order valence-corrected chi connectivity index (χ0v) is 17.1. The van der Waals surface area contributed by atoms with Crippen molar-refractivity contribution in [3.63, 3.8) is 0 Å². The van der Waals surface area contributed by atoms with Crippen molar-refractivity contribution in [2.75, 3.05) is 33.9 Å². The molecule has 2 aliphatic rings. The van der Waals surface area contributed by atoms with E-state index in [1.54, 1.807) is 7.11 Å². The summed E-state index contributed by atoms with van der Waals surface area (Å²) in [7, 11) is 3.03. The third-order valence-electron chi connectivity index (χ3n) is 4.26. The standard InChI is InChI=1S/C15H23N3O6.Y/c1-23-8-9-7-10(14(24-2)13(9)21)17-15(22)16-5-6-18-11(19)3-4-12(18)20;/h3-4,9-10,13-14,21H,5-8H2,1-2H3,(H2,16,17,22);/t9-,10-,13?,14-;/m1./s1. The maximum Gasteiger partial charge on any atom is 0.315 e. The van der Waals surface area contributed by atoms with Gasteiger partial charge in [0.25, 0.3) is 11.8 Å². The number of methoxy groups -OCH3 is 2. The number of carbonyl (C=O) groups is 3. The number of urea groups is 1. The number of amides is 4. The van der Waals surface area contributed by atoms with E-state index in [-0.39, 0.29) is 69.6 Å². The summed E-state index contributed by atoms with van der Waals surface area (Å²) in [5, 5.41) is 15.5. The van der Waals surface area contributed by atoms with Crippen molar-refractivity contribution in [1.82, 2.24) is 15.5 Å². The molecule has 3 N–H and O–H groups in total. The predicted octanol–water partition coefficient (Wildman–Crippen LogP) is -1.38. The molecule has 1 aliphatic carbocycles. The van der Waals surface area contributed by atoms with E-state index in [0.29, 0.717) is 13.0 Å². The van der Waals surface area contributed by atoms with E-state index in [9.17, 15) is 19.5 Å². The summed E-state index contributed by atoms with van der Waals surface area (Å²) in [5.74, 6) is -0.887. The quantitative estimate of drug-likeness (QED) is 0.429. The number of aliphatic hydroxyl groups excluding tert-OH is 1. The molecule has 1 heterocycles. The maximum atomic E-state index is 12.0. The van der Waals surface area contributed by atoms with Gasteiger partial charge < -0.3 is 25.2 Å². The number of ether oxygens (including phenoxy) is 2. The van der Waals surface area contributed by atoms with Crippen LogP contribution in [-0.2, 0) is 51.8 Å². The molecule has 9 nitrogen and oxygen atoms in total. The largest absolute Gasteiger partial charge is 0.390 e. The van der Waals surface area contributed by atoms with Crippen molar-refractivity contribution in [2.24, 2.45) is 5.92 Å². The Morgan fingerprint density at radius 3 is 2.52 bits per heavy atom. The molecule has 1 unspecified atom stereocenters. The Kier molecular flexibility index (Phi) is 9.16. The van der Waals surface area contributed by atoms with Crippen molar-refractivity contribution in [3.8, 4) is 0 Å². The average Bonchev–Trinajstić information content (AvgIpc) is 3.01. The summed E-state index contributed by atoms with van der Waals surface area (Å²) in [4.78, 5) is 35.8. The van der Waals surface area contributed by atoms with Crippen molar-refractivity contribution in [2.45, 2.75) is 24.7 Å². The fourth-order valence-corrected chi connectivity index (χ4v) is 3.08. The van der Waals surface area contributed by atoms with E-state index in [2.05, 4.69) is 10.6 Å². The molecule has 0 aromatic rings. The summed E-state index contributed by atoms with van der Waals surface area (Å²) >= 11 is 0. The van der Waals surface area contributed by atoms with Gasteiger partial charge in [-0.15, -0.1) is 0 Å². The Morgan fingerprint density at radius 2 is 1.96 bits per heavy atom. The fourth-order valence-electron chi connectivity index (χ4n) is 3.08. The number of imide groups is 1. The molecule has 1 aliphatic heterocycles. The van der Waals surface area contributed by atoms with Crippen LogP contribution in [-0.4, -0.2) is 80.0 Å². The Balaban J connectivity index is 0.00000312. The first-order valence-electron chi connectivity index (χ1n) is 7.75. The molecule has 0 saturated heterocycles. The Hall–Kier alpha value is -0.866. The molecule has 0 bridgehead atoms. The van der Waals surface area contributed by atoms with Crippen LogP contribution in [0.1, 0.15) is 6.42 Å². The molecule has 0 spiro atoms. The van der Waals surface area contributed by atoms with E-state index in [0.717, 1.165) is 4.90 Å². The molecule has 25 heavy (non-hydrogen) atoms. The van der Waals surface area contributed by atoms with Crippen molar-refractivity contribution in [1.29, 1.82) is 0 Å². The first kappa shape index (κ1) is 22.2. The van der Waals surface area contributed by atoms with Crippen LogP contribution in [0.4, 0.5) is 4.79 Å². The van der Waals surface area contributed by atoms with Gasteiger partial charge in [-0.2, -0.15) is 0 Å². The number of rotatable bonds is 7. The van der Waals surface area contributed by atoms with Gasteiger partial charge in [0.15, 0.2) is 0 Å². The second-order valence-electron chi connectivity index (χ2n) is 5.81. The molecule has 137 valence electrons. The summed E-state index contributed by atoms with van der Waals surface area (Å²) in [6.45, 7) is 0.623. The summed E-state index contributed by atoms with van der Waals surface area (Å²) in [6.07, 6.45) is 1.70. The molecule has 1 radical (unpaired) electrons. The maximum absolute atomic E-state index is 12.0. The minimum absolute atomic E-state index is 0. The van der Waals surface area contributed by atoms with E-state index in [1.807, 2.05) is 0 Å². The monoisotopic (exact) mass is 430 g/mol. The van der Waals surface area contributed by atoms with Gasteiger partial charge in [-0.3, -0.25) is 14.5 Å². The number of aliphatic hydroxyl groups is 1. The van der Waals surface area contributed by atoms with Gasteiger partial charge in [-0.05, 0) is 6.42 Å².